The Morgan fingerprint density at radius 1 is 1.15 bits per heavy atom. The van der Waals surface area contributed by atoms with Gasteiger partial charge in [0.05, 0.1) is 6.04 Å². The Morgan fingerprint density at radius 3 is 2.50 bits per heavy atom. The van der Waals surface area contributed by atoms with Crippen molar-refractivity contribution < 1.29 is 18.0 Å². The predicted molar refractivity (Wildman–Crippen MR) is 90.0 cm³/mol. The number of alkyl halides is 3. The Hall–Kier alpha value is -2.48. The van der Waals surface area contributed by atoms with Gasteiger partial charge in [-0.25, -0.2) is 9.97 Å². The van der Waals surface area contributed by atoms with Crippen LogP contribution in [0.1, 0.15) is 18.4 Å². The minimum atomic E-state index is -4.39. The topological polar surface area (TPSA) is 58.1 Å². The number of rotatable bonds is 5. The molecule has 2 aromatic rings. The first kappa shape index (κ1) is 18.3. The number of nitrogens with zero attached hydrogens (tertiary/aromatic N) is 3. The van der Waals surface area contributed by atoms with Crippen molar-refractivity contribution >= 4 is 5.91 Å². The van der Waals surface area contributed by atoms with E-state index in [-0.39, 0.29) is 0 Å². The van der Waals surface area contributed by atoms with Crippen molar-refractivity contribution in [2.24, 2.45) is 0 Å². The Labute approximate surface area is 149 Å². The zero-order valence-corrected chi connectivity index (χ0v) is 14.0. The number of amides is 1. The van der Waals surface area contributed by atoms with Crippen molar-refractivity contribution in [3.63, 3.8) is 0 Å². The van der Waals surface area contributed by atoms with Gasteiger partial charge in [-0.3, -0.25) is 9.69 Å². The molecule has 1 saturated heterocycles. The largest absolute Gasteiger partial charge is 0.405 e. The van der Waals surface area contributed by atoms with Gasteiger partial charge in [-0.2, -0.15) is 13.2 Å². The van der Waals surface area contributed by atoms with Crippen molar-refractivity contribution in [1.29, 1.82) is 0 Å². The lowest BCUT2D eigenvalue weighted by molar-refractivity contribution is -0.141. The number of likely N-dealkylation sites (tertiary alicyclic amines) is 1. The standard InChI is InChI=1S/C18H19F3N4O/c19-18(20,21)11-24-17(26)16-2-1-7-25(16)10-13-3-5-14(6-4-13)15-8-22-12-23-9-15/h3-6,8-9,12,16H,1-2,7,10-11H2,(H,24,26). The molecule has 5 nitrogen and oxygen atoms in total. The fourth-order valence-electron chi connectivity index (χ4n) is 3.10. The Balaban J connectivity index is 1.61. The lowest BCUT2D eigenvalue weighted by atomic mass is 10.1. The quantitative estimate of drug-likeness (QED) is 0.886. The molecule has 1 unspecified atom stereocenters. The fraction of sp³-hybridized carbons (Fsp3) is 0.389. The number of nitrogens with one attached hydrogen (secondary N) is 1. The Kier molecular flexibility index (Phi) is 5.51. The van der Waals surface area contributed by atoms with Crippen LogP contribution in [0.25, 0.3) is 11.1 Å². The van der Waals surface area contributed by atoms with Crippen LogP contribution in [0.2, 0.25) is 0 Å². The van der Waals surface area contributed by atoms with E-state index in [1.54, 1.807) is 12.4 Å². The number of carbonyl (C=O) groups excluding carboxylic acids is 1. The van der Waals surface area contributed by atoms with Gasteiger partial charge in [0.2, 0.25) is 5.91 Å². The molecule has 0 saturated carbocycles. The molecule has 1 amide bonds. The van der Waals surface area contributed by atoms with E-state index in [1.165, 1.54) is 6.33 Å². The summed E-state index contributed by atoms with van der Waals surface area (Å²) in [6, 6.07) is 7.28. The number of hydrogen-bond acceptors (Lipinski definition) is 4. The average molecular weight is 364 g/mol. The molecule has 3 rings (SSSR count). The smallest absolute Gasteiger partial charge is 0.346 e. The molecule has 138 valence electrons. The van der Waals surface area contributed by atoms with E-state index in [9.17, 15) is 18.0 Å². The van der Waals surface area contributed by atoms with Gasteiger partial charge in [-0.05, 0) is 30.5 Å². The van der Waals surface area contributed by atoms with Gasteiger partial charge in [0, 0.05) is 24.5 Å². The van der Waals surface area contributed by atoms with Crippen molar-refractivity contribution in [3.8, 4) is 11.1 Å². The Morgan fingerprint density at radius 2 is 1.85 bits per heavy atom. The van der Waals surface area contributed by atoms with E-state index in [2.05, 4.69) is 9.97 Å². The maximum absolute atomic E-state index is 12.3. The maximum atomic E-state index is 12.3. The summed E-state index contributed by atoms with van der Waals surface area (Å²) in [5.74, 6) is -0.558. The molecule has 1 aromatic heterocycles. The third kappa shape index (κ3) is 4.78. The average Bonchev–Trinajstić information content (AvgIpc) is 3.09. The van der Waals surface area contributed by atoms with Crippen LogP contribution in [0.15, 0.2) is 43.0 Å². The highest BCUT2D eigenvalue weighted by molar-refractivity contribution is 5.82. The van der Waals surface area contributed by atoms with Gasteiger partial charge in [0.1, 0.15) is 12.9 Å². The van der Waals surface area contributed by atoms with Crippen LogP contribution in [0, 0.1) is 0 Å². The summed E-state index contributed by atoms with van der Waals surface area (Å²) >= 11 is 0. The third-order valence-corrected chi connectivity index (χ3v) is 4.36. The van der Waals surface area contributed by atoms with Crippen LogP contribution < -0.4 is 5.32 Å². The lowest BCUT2D eigenvalue weighted by Crippen LogP contribution is -2.45. The minimum absolute atomic E-state index is 0.514. The van der Waals surface area contributed by atoms with E-state index in [0.29, 0.717) is 19.5 Å². The molecule has 1 aliphatic rings. The first-order valence-corrected chi connectivity index (χ1v) is 8.35. The number of aromatic nitrogens is 2. The van der Waals surface area contributed by atoms with E-state index in [1.807, 2.05) is 34.5 Å². The molecule has 0 bridgehead atoms. The highest BCUT2D eigenvalue weighted by Crippen LogP contribution is 2.23. The van der Waals surface area contributed by atoms with Crippen LogP contribution in [0.3, 0.4) is 0 Å². The minimum Gasteiger partial charge on any atom is -0.346 e. The van der Waals surface area contributed by atoms with Gasteiger partial charge in [0.25, 0.3) is 0 Å². The second-order valence-electron chi connectivity index (χ2n) is 6.29. The summed E-state index contributed by atoms with van der Waals surface area (Å²) in [4.78, 5) is 22.0. The SMILES string of the molecule is O=C(NCC(F)(F)F)C1CCCN1Cc1ccc(-c2cncnc2)cc1. The zero-order valence-electron chi connectivity index (χ0n) is 14.0. The molecule has 8 heteroatoms. The van der Waals surface area contributed by atoms with Gasteiger partial charge >= 0.3 is 6.18 Å². The summed E-state index contributed by atoms with van der Waals surface area (Å²) in [6.07, 6.45) is 1.89. The summed E-state index contributed by atoms with van der Waals surface area (Å²) < 4.78 is 36.9. The number of carbonyl (C=O) groups is 1. The monoisotopic (exact) mass is 364 g/mol. The molecular formula is C18H19F3N4O. The van der Waals surface area contributed by atoms with E-state index >= 15 is 0 Å². The summed E-state index contributed by atoms with van der Waals surface area (Å²) in [5.41, 5.74) is 2.89. The van der Waals surface area contributed by atoms with Crippen LogP contribution >= 0.6 is 0 Å². The van der Waals surface area contributed by atoms with Gasteiger partial charge in [0.15, 0.2) is 0 Å². The molecule has 2 heterocycles. The number of hydrogen-bond donors (Lipinski definition) is 1. The van der Waals surface area contributed by atoms with Crippen LogP contribution in [0.5, 0.6) is 0 Å². The second-order valence-corrected chi connectivity index (χ2v) is 6.29. The molecule has 26 heavy (non-hydrogen) atoms. The summed E-state index contributed by atoms with van der Waals surface area (Å²) in [7, 11) is 0. The summed E-state index contributed by atoms with van der Waals surface area (Å²) in [6.45, 7) is -0.0714. The van der Waals surface area contributed by atoms with Crippen LogP contribution in [0.4, 0.5) is 13.2 Å². The Bertz CT molecular complexity index is 734. The summed E-state index contributed by atoms with van der Waals surface area (Å²) in [5, 5.41) is 1.99. The van der Waals surface area contributed by atoms with E-state index < -0.39 is 24.7 Å². The third-order valence-electron chi connectivity index (χ3n) is 4.36. The molecule has 1 aromatic carbocycles. The molecule has 0 aliphatic carbocycles. The first-order valence-electron chi connectivity index (χ1n) is 8.35. The van der Waals surface area contributed by atoms with Crippen LogP contribution in [-0.4, -0.2) is 46.1 Å². The molecule has 0 radical (unpaired) electrons. The van der Waals surface area contributed by atoms with Gasteiger partial charge < -0.3 is 5.32 Å². The number of benzene rings is 1. The zero-order chi connectivity index (χ0) is 18.6. The molecule has 1 aliphatic heterocycles. The predicted octanol–water partition coefficient (Wildman–Crippen LogP) is 2.79. The van der Waals surface area contributed by atoms with Crippen molar-refractivity contribution in [2.75, 3.05) is 13.1 Å². The molecule has 1 fully saturated rings. The van der Waals surface area contributed by atoms with E-state index in [0.717, 1.165) is 23.1 Å². The second kappa shape index (κ2) is 7.82. The van der Waals surface area contributed by atoms with Crippen molar-refractivity contribution in [2.45, 2.75) is 31.6 Å². The lowest BCUT2D eigenvalue weighted by Gasteiger charge is -2.24. The molecular weight excluding hydrogens is 345 g/mol. The molecule has 1 atom stereocenters. The van der Waals surface area contributed by atoms with Crippen LogP contribution in [-0.2, 0) is 11.3 Å². The van der Waals surface area contributed by atoms with Crippen molar-refractivity contribution in [1.82, 2.24) is 20.2 Å². The molecule has 1 N–H and O–H groups in total. The number of halogens is 3. The molecule has 0 spiro atoms. The first-order chi connectivity index (χ1) is 12.4. The van der Waals surface area contributed by atoms with Gasteiger partial charge in [-0.15, -0.1) is 0 Å². The maximum Gasteiger partial charge on any atom is 0.405 e. The highest BCUT2D eigenvalue weighted by atomic mass is 19.4. The highest BCUT2D eigenvalue weighted by Gasteiger charge is 2.34. The normalized spacial score (nSPS) is 18.0. The van der Waals surface area contributed by atoms with Gasteiger partial charge in [-0.1, -0.05) is 24.3 Å². The van der Waals surface area contributed by atoms with Crippen molar-refractivity contribution in [3.05, 3.63) is 48.5 Å². The van der Waals surface area contributed by atoms with E-state index in [4.69, 9.17) is 0 Å². The fourth-order valence-corrected chi connectivity index (χ4v) is 3.10.